The first-order valence-corrected chi connectivity index (χ1v) is 12.6. The molecule has 8 heteroatoms. The van der Waals surface area contributed by atoms with Crippen LogP contribution >= 0.6 is 0 Å². The molecule has 0 saturated carbocycles. The Morgan fingerprint density at radius 2 is 1.97 bits per heavy atom. The van der Waals surface area contributed by atoms with Gasteiger partial charge in [-0.05, 0) is 63.2 Å². The molecule has 2 saturated heterocycles. The molecule has 3 heterocycles. The molecule has 2 unspecified atom stereocenters. The predicted molar refractivity (Wildman–Crippen MR) is 117 cm³/mol. The van der Waals surface area contributed by atoms with Crippen LogP contribution < -0.4 is 5.32 Å². The van der Waals surface area contributed by atoms with Crippen LogP contribution in [0.5, 0.6) is 0 Å². The number of amidine groups is 1. The summed E-state index contributed by atoms with van der Waals surface area (Å²) in [6.45, 7) is 7.60. The second kappa shape index (κ2) is 9.06. The molecule has 164 valence electrons. The highest BCUT2D eigenvalue weighted by atomic mass is 32.2. The number of hydrogen-bond acceptors (Lipinski definition) is 5. The van der Waals surface area contributed by atoms with Gasteiger partial charge in [0.1, 0.15) is 4.90 Å². The third-order valence-corrected chi connectivity index (χ3v) is 7.72. The molecule has 7 nitrogen and oxygen atoms in total. The predicted octanol–water partition coefficient (Wildman–Crippen LogP) is 2.09. The van der Waals surface area contributed by atoms with Crippen molar-refractivity contribution < 1.29 is 13.2 Å². The number of likely N-dealkylation sites (tertiary alicyclic amines) is 2. The van der Waals surface area contributed by atoms with Gasteiger partial charge in [0.15, 0.2) is 5.84 Å². The number of nitrogens with zero attached hydrogens (tertiary/aromatic N) is 3. The minimum Gasteiger partial charge on any atom is -0.356 e. The highest BCUT2D eigenvalue weighted by Crippen LogP contribution is 2.29. The van der Waals surface area contributed by atoms with Crippen molar-refractivity contribution in [3.63, 3.8) is 0 Å². The Labute approximate surface area is 179 Å². The summed E-state index contributed by atoms with van der Waals surface area (Å²) in [5.41, 5.74) is 0.648. The van der Waals surface area contributed by atoms with Crippen LogP contribution in [0.4, 0.5) is 0 Å². The molecule has 4 rings (SSSR count). The molecule has 30 heavy (non-hydrogen) atoms. The van der Waals surface area contributed by atoms with E-state index in [0.717, 1.165) is 44.8 Å². The van der Waals surface area contributed by atoms with Crippen molar-refractivity contribution in [3.05, 3.63) is 29.8 Å². The maximum absolute atomic E-state index is 12.7. The highest BCUT2D eigenvalue weighted by molar-refractivity contribution is 7.90. The van der Waals surface area contributed by atoms with Crippen molar-refractivity contribution in [1.82, 2.24) is 15.1 Å². The number of hydrogen-bond donors (Lipinski definition) is 1. The smallest absolute Gasteiger partial charge is 0.285 e. The number of sulfonamides is 1. The van der Waals surface area contributed by atoms with Crippen LogP contribution in [0.2, 0.25) is 0 Å². The lowest BCUT2D eigenvalue weighted by molar-refractivity contribution is -0.126. The summed E-state index contributed by atoms with van der Waals surface area (Å²) >= 11 is 0. The Balaban J connectivity index is 1.29. The van der Waals surface area contributed by atoms with Crippen LogP contribution in [0.1, 0.15) is 44.6 Å². The third kappa shape index (κ3) is 4.70. The first-order valence-electron chi connectivity index (χ1n) is 11.1. The van der Waals surface area contributed by atoms with Gasteiger partial charge in [0, 0.05) is 31.7 Å². The van der Waals surface area contributed by atoms with Gasteiger partial charge in [-0.2, -0.15) is 8.42 Å². The van der Waals surface area contributed by atoms with E-state index in [0.29, 0.717) is 24.5 Å². The Kier molecular flexibility index (Phi) is 6.43. The number of carbonyl (C=O) groups is 1. The number of benzene rings is 1. The van der Waals surface area contributed by atoms with E-state index in [1.165, 1.54) is 19.4 Å². The van der Waals surface area contributed by atoms with Gasteiger partial charge in [-0.15, -0.1) is 4.40 Å². The van der Waals surface area contributed by atoms with Crippen molar-refractivity contribution in [2.24, 2.45) is 16.2 Å². The number of amides is 1. The van der Waals surface area contributed by atoms with E-state index >= 15 is 0 Å². The maximum Gasteiger partial charge on any atom is 0.285 e. The van der Waals surface area contributed by atoms with Crippen molar-refractivity contribution >= 4 is 21.8 Å². The Hall–Kier alpha value is -1.93. The number of piperidine rings is 2. The van der Waals surface area contributed by atoms with Crippen LogP contribution in [0, 0.1) is 11.8 Å². The van der Waals surface area contributed by atoms with E-state index < -0.39 is 10.0 Å². The van der Waals surface area contributed by atoms with Gasteiger partial charge >= 0.3 is 0 Å². The van der Waals surface area contributed by atoms with Crippen LogP contribution in [0.25, 0.3) is 0 Å². The molecule has 1 aromatic rings. The van der Waals surface area contributed by atoms with E-state index in [1.54, 1.807) is 18.2 Å². The summed E-state index contributed by atoms with van der Waals surface area (Å²) in [6, 6.07) is 6.93. The summed E-state index contributed by atoms with van der Waals surface area (Å²) in [6.07, 6.45) is 5.24. The van der Waals surface area contributed by atoms with E-state index in [1.807, 2.05) is 11.0 Å². The van der Waals surface area contributed by atoms with E-state index in [9.17, 15) is 13.2 Å². The van der Waals surface area contributed by atoms with Crippen molar-refractivity contribution in [2.45, 2.75) is 43.9 Å². The molecular formula is C22H32N4O3S. The van der Waals surface area contributed by atoms with Crippen molar-refractivity contribution in [2.75, 3.05) is 39.3 Å². The van der Waals surface area contributed by atoms with Crippen molar-refractivity contribution in [3.8, 4) is 0 Å². The molecule has 3 aliphatic heterocycles. The molecule has 0 spiro atoms. The molecule has 3 aliphatic rings. The van der Waals surface area contributed by atoms with Crippen LogP contribution in [-0.2, 0) is 14.8 Å². The standard InChI is InChI=1S/C22H32N4O3S/c1-17-7-4-12-25(15-17)13-6-11-23-22(27)18-8-5-14-26(16-18)21-19-9-2-3-10-20(19)30(28,29)24-21/h2-3,9-10,17-18H,4-8,11-16H2,1H3,(H,23,27). The normalized spacial score (nSPS) is 26.2. The fraction of sp³-hybridized carbons (Fsp3) is 0.636. The molecule has 0 bridgehead atoms. The molecule has 0 radical (unpaired) electrons. The maximum atomic E-state index is 12.7. The molecule has 1 N–H and O–H groups in total. The first kappa shape index (κ1) is 21.3. The average Bonchev–Trinajstić information content (AvgIpc) is 3.02. The average molecular weight is 433 g/mol. The number of fused-ring (bicyclic) bond motifs is 1. The summed E-state index contributed by atoms with van der Waals surface area (Å²) in [7, 11) is -3.63. The third-order valence-electron chi connectivity index (χ3n) is 6.40. The minimum atomic E-state index is -3.63. The number of carbonyl (C=O) groups excluding carboxylic acids is 1. The first-order chi connectivity index (χ1) is 14.4. The summed E-state index contributed by atoms with van der Waals surface area (Å²) < 4.78 is 28.7. The number of rotatable bonds is 5. The number of nitrogens with one attached hydrogen (secondary N) is 1. The van der Waals surface area contributed by atoms with Crippen LogP contribution in [-0.4, -0.2) is 69.2 Å². The molecule has 0 aliphatic carbocycles. The zero-order valence-corrected chi connectivity index (χ0v) is 18.5. The minimum absolute atomic E-state index is 0.0708. The van der Waals surface area contributed by atoms with E-state index in [4.69, 9.17) is 0 Å². The highest BCUT2D eigenvalue weighted by Gasteiger charge is 2.35. The largest absolute Gasteiger partial charge is 0.356 e. The zero-order chi connectivity index (χ0) is 21.1. The van der Waals surface area contributed by atoms with Gasteiger partial charge in [-0.1, -0.05) is 19.1 Å². The lowest BCUT2D eigenvalue weighted by atomic mass is 9.96. The molecule has 1 amide bonds. The fourth-order valence-corrected chi connectivity index (χ4v) is 6.08. The summed E-state index contributed by atoms with van der Waals surface area (Å²) in [4.78, 5) is 17.5. The van der Waals surface area contributed by atoms with E-state index in [2.05, 4.69) is 21.5 Å². The Morgan fingerprint density at radius 3 is 2.80 bits per heavy atom. The lowest BCUT2D eigenvalue weighted by Crippen LogP contribution is -2.46. The molecule has 1 aromatic carbocycles. The quantitative estimate of drug-likeness (QED) is 0.721. The summed E-state index contributed by atoms with van der Waals surface area (Å²) in [5.74, 6) is 1.20. The fourth-order valence-electron chi connectivity index (χ4n) is 4.85. The second-order valence-electron chi connectivity index (χ2n) is 8.86. The topological polar surface area (TPSA) is 82.1 Å². The van der Waals surface area contributed by atoms with Crippen molar-refractivity contribution in [1.29, 1.82) is 0 Å². The van der Waals surface area contributed by atoms with Gasteiger partial charge in [-0.25, -0.2) is 0 Å². The SMILES string of the molecule is CC1CCCN(CCCNC(=O)C2CCCN(C3=NS(=O)(=O)c4ccccc43)C2)C1. The lowest BCUT2D eigenvalue weighted by Gasteiger charge is -2.33. The van der Waals surface area contributed by atoms with Crippen LogP contribution in [0.15, 0.2) is 33.6 Å². The van der Waals surface area contributed by atoms with Gasteiger partial charge in [0.2, 0.25) is 5.91 Å². The monoisotopic (exact) mass is 432 g/mol. The molecular weight excluding hydrogens is 400 g/mol. The summed E-state index contributed by atoms with van der Waals surface area (Å²) in [5, 5.41) is 3.10. The van der Waals surface area contributed by atoms with Gasteiger partial charge < -0.3 is 15.1 Å². The molecule has 2 fully saturated rings. The van der Waals surface area contributed by atoms with Crippen LogP contribution in [0.3, 0.4) is 0 Å². The molecule has 2 atom stereocenters. The Bertz CT molecular complexity index is 915. The second-order valence-corrected chi connectivity index (χ2v) is 10.4. The molecule has 0 aromatic heterocycles. The Morgan fingerprint density at radius 1 is 1.17 bits per heavy atom. The van der Waals surface area contributed by atoms with E-state index in [-0.39, 0.29) is 16.7 Å². The zero-order valence-electron chi connectivity index (χ0n) is 17.7. The van der Waals surface area contributed by atoms with Gasteiger partial charge in [0.25, 0.3) is 10.0 Å². The van der Waals surface area contributed by atoms with Gasteiger partial charge in [-0.3, -0.25) is 4.79 Å². The van der Waals surface area contributed by atoms with Gasteiger partial charge in [0.05, 0.1) is 5.92 Å².